The van der Waals surface area contributed by atoms with Crippen molar-refractivity contribution in [2.24, 2.45) is 5.92 Å². The van der Waals surface area contributed by atoms with Crippen LogP contribution in [0.2, 0.25) is 0 Å². The number of nitrogens with one attached hydrogen (secondary N) is 1. The number of aromatic nitrogens is 2. The number of aromatic amines is 1. The molecule has 3 rings (SSSR count). The highest BCUT2D eigenvalue weighted by Gasteiger charge is 2.30. The minimum atomic E-state index is -0.777. The van der Waals surface area contributed by atoms with Crippen LogP contribution in [0.5, 0.6) is 0 Å². The van der Waals surface area contributed by atoms with Crippen molar-refractivity contribution in [1.82, 2.24) is 9.97 Å². The number of nitrogens with zero attached hydrogens (tertiary/aromatic N) is 2. The Morgan fingerprint density at radius 1 is 1.44 bits per heavy atom. The highest BCUT2D eigenvalue weighted by atomic mass is 16.4. The van der Waals surface area contributed by atoms with E-state index in [1.807, 2.05) is 4.90 Å². The predicted molar refractivity (Wildman–Crippen MR) is 64.8 cm³/mol. The molecule has 6 nitrogen and oxygen atoms in total. The predicted octanol–water partition coefficient (Wildman–Crippen LogP) is 0.169. The summed E-state index contributed by atoms with van der Waals surface area (Å²) in [6.07, 6.45) is 3.24. The fraction of sp³-hybridized carbons (Fsp3) is 0.583. The zero-order valence-corrected chi connectivity index (χ0v) is 9.98. The molecule has 6 heteroatoms. The molecule has 0 amide bonds. The zero-order chi connectivity index (χ0) is 12.7. The van der Waals surface area contributed by atoms with Gasteiger partial charge in [0.25, 0.3) is 5.56 Å². The van der Waals surface area contributed by atoms with Crippen LogP contribution in [-0.2, 0) is 17.6 Å². The first kappa shape index (κ1) is 11.3. The molecule has 1 aromatic rings. The highest BCUT2D eigenvalue weighted by molar-refractivity contribution is 5.71. The topological polar surface area (TPSA) is 86.3 Å². The summed E-state index contributed by atoms with van der Waals surface area (Å²) in [5.74, 6) is -0.603. The van der Waals surface area contributed by atoms with Crippen LogP contribution in [-0.4, -0.2) is 34.1 Å². The second-order valence-electron chi connectivity index (χ2n) is 4.94. The van der Waals surface area contributed by atoms with Crippen molar-refractivity contribution in [3.05, 3.63) is 21.6 Å². The average Bonchev–Trinajstić information content (AvgIpc) is 2.97. The molecule has 0 saturated carbocycles. The van der Waals surface area contributed by atoms with Crippen LogP contribution < -0.4 is 10.5 Å². The molecule has 18 heavy (non-hydrogen) atoms. The SMILES string of the molecule is O=C(O)C1CCN(c2nc3c(c(=O)[nH]2)CCC3)C1. The van der Waals surface area contributed by atoms with Gasteiger partial charge >= 0.3 is 5.97 Å². The highest BCUT2D eigenvalue weighted by Crippen LogP contribution is 2.23. The van der Waals surface area contributed by atoms with Gasteiger partial charge in [0.15, 0.2) is 0 Å². The van der Waals surface area contributed by atoms with Gasteiger partial charge in [-0.3, -0.25) is 14.6 Å². The number of carboxylic acid groups (broad SMARTS) is 1. The van der Waals surface area contributed by atoms with Gasteiger partial charge in [-0.2, -0.15) is 0 Å². The van der Waals surface area contributed by atoms with Crippen molar-refractivity contribution in [3.63, 3.8) is 0 Å². The van der Waals surface area contributed by atoms with Gasteiger partial charge in [0.1, 0.15) is 0 Å². The zero-order valence-electron chi connectivity index (χ0n) is 9.98. The molecule has 0 bridgehead atoms. The van der Waals surface area contributed by atoms with E-state index in [4.69, 9.17) is 5.11 Å². The Bertz CT molecular complexity index is 552. The normalized spacial score (nSPS) is 22.2. The molecule has 1 atom stereocenters. The minimum Gasteiger partial charge on any atom is -0.481 e. The Kier molecular flexibility index (Phi) is 2.57. The second-order valence-corrected chi connectivity index (χ2v) is 4.94. The number of anilines is 1. The van der Waals surface area contributed by atoms with Crippen LogP contribution in [0.25, 0.3) is 0 Å². The van der Waals surface area contributed by atoms with Gasteiger partial charge in [0.2, 0.25) is 5.95 Å². The molecule has 2 aliphatic rings. The van der Waals surface area contributed by atoms with E-state index in [1.165, 1.54) is 0 Å². The van der Waals surface area contributed by atoms with Gasteiger partial charge in [-0.1, -0.05) is 0 Å². The Morgan fingerprint density at radius 3 is 3.00 bits per heavy atom. The van der Waals surface area contributed by atoms with Crippen LogP contribution in [0.3, 0.4) is 0 Å². The molecule has 0 spiro atoms. The van der Waals surface area contributed by atoms with E-state index < -0.39 is 5.97 Å². The molecule has 1 unspecified atom stereocenters. The van der Waals surface area contributed by atoms with Crippen molar-refractivity contribution in [2.45, 2.75) is 25.7 Å². The summed E-state index contributed by atoms with van der Waals surface area (Å²) < 4.78 is 0. The lowest BCUT2D eigenvalue weighted by molar-refractivity contribution is -0.140. The van der Waals surface area contributed by atoms with E-state index in [1.54, 1.807) is 0 Å². The Balaban J connectivity index is 1.88. The van der Waals surface area contributed by atoms with Crippen LogP contribution in [0.1, 0.15) is 24.1 Å². The number of carbonyl (C=O) groups is 1. The summed E-state index contributed by atoms with van der Waals surface area (Å²) in [7, 11) is 0. The number of carboxylic acids is 1. The van der Waals surface area contributed by atoms with E-state index in [0.717, 1.165) is 30.5 Å². The maximum atomic E-state index is 11.9. The van der Waals surface area contributed by atoms with Gasteiger partial charge in [0.05, 0.1) is 11.6 Å². The quantitative estimate of drug-likeness (QED) is 0.780. The Hall–Kier alpha value is -1.85. The first-order valence-electron chi connectivity index (χ1n) is 6.25. The summed E-state index contributed by atoms with van der Waals surface area (Å²) in [6.45, 7) is 1.07. The van der Waals surface area contributed by atoms with E-state index in [0.29, 0.717) is 25.5 Å². The largest absolute Gasteiger partial charge is 0.481 e. The van der Waals surface area contributed by atoms with Crippen molar-refractivity contribution in [2.75, 3.05) is 18.0 Å². The van der Waals surface area contributed by atoms with Crippen molar-refractivity contribution in [3.8, 4) is 0 Å². The molecule has 0 aromatic carbocycles. The third kappa shape index (κ3) is 1.77. The third-order valence-electron chi connectivity index (χ3n) is 3.77. The first-order chi connectivity index (χ1) is 8.65. The van der Waals surface area contributed by atoms with E-state index >= 15 is 0 Å². The Labute approximate surface area is 104 Å². The number of hydrogen-bond donors (Lipinski definition) is 2. The maximum absolute atomic E-state index is 11.9. The molecule has 1 saturated heterocycles. The fourth-order valence-electron chi connectivity index (χ4n) is 2.73. The molecule has 0 radical (unpaired) electrons. The van der Waals surface area contributed by atoms with E-state index in [-0.39, 0.29) is 11.5 Å². The number of rotatable bonds is 2. The van der Waals surface area contributed by atoms with Crippen LogP contribution in [0.4, 0.5) is 5.95 Å². The number of aliphatic carboxylic acids is 1. The monoisotopic (exact) mass is 249 g/mol. The third-order valence-corrected chi connectivity index (χ3v) is 3.77. The number of H-pyrrole nitrogens is 1. The summed E-state index contributed by atoms with van der Waals surface area (Å²) in [4.78, 5) is 31.9. The number of aryl methyl sites for hydroxylation is 1. The van der Waals surface area contributed by atoms with Gasteiger partial charge in [-0.25, -0.2) is 4.98 Å². The van der Waals surface area contributed by atoms with Gasteiger partial charge in [-0.05, 0) is 25.7 Å². The minimum absolute atomic E-state index is 0.0636. The molecule has 1 aliphatic heterocycles. The number of fused-ring (bicyclic) bond motifs is 1. The van der Waals surface area contributed by atoms with E-state index in [2.05, 4.69) is 9.97 Å². The molecule has 2 N–H and O–H groups in total. The molecule has 2 heterocycles. The fourth-order valence-corrected chi connectivity index (χ4v) is 2.73. The van der Waals surface area contributed by atoms with Crippen LogP contribution >= 0.6 is 0 Å². The lowest BCUT2D eigenvalue weighted by Crippen LogP contribution is -2.28. The standard InChI is InChI=1S/C12H15N3O3/c16-10-8-2-1-3-9(8)13-12(14-10)15-5-4-7(6-15)11(17)18/h7H,1-6H2,(H,17,18)(H,13,14,16). The molecule has 1 aliphatic carbocycles. The molecule has 1 fully saturated rings. The average molecular weight is 249 g/mol. The summed E-state index contributed by atoms with van der Waals surface area (Å²) in [5.41, 5.74) is 1.62. The van der Waals surface area contributed by atoms with Gasteiger partial charge < -0.3 is 10.0 Å². The van der Waals surface area contributed by atoms with Crippen molar-refractivity contribution < 1.29 is 9.90 Å². The van der Waals surface area contributed by atoms with Crippen molar-refractivity contribution in [1.29, 1.82) is 0 Å². The number of hydrogen-bond acceptors (Lipinski definition) is 4. The summed E-state index contributed by atoms with van der Waals surface area (Å²) in [5, 5.41) is 8.97. The van der Waals surface area contributed by atoms with E-state index in [9.17, 15) is 9.59 Å². The second kappa shape index (κ2) is 4.12. The lowest BCUT2D eigenvalue weighted by Gasteiger charge is -2.16. The van der Waals surface area contributed by atoms with Gasteiger partial charge in [-0.15, -0.1) is 0 Å². The van der Waals surface area contributed by atoms with Crippen LogP contribution in [0.15, 0.2) is 4.79 Å². The smallest absolute Gasteiger partial charge is 0.308 e. The molecule has 96 valence electrons. The summed E-state index contributed by atoms with van der Waals surface area (Å²) in [6, 6.07) is 0. The molecule has 1 aromatic heterocycles. The molecular formula is C12H15N3O3. The maximum Gasteiger partial charge on any atom is 0.308 e. The lowest BCUT2D eigenvalue weighted by atomic mass is 10.1. The molecular weight excluding hydrogens is 234 g/mol. The summed E-state index contributed by atoms with van der Waals surface area (Å²) >= 11 is 0. The first-order valence-corrected chi connectivity index (χ1v) is 6.25. The van der Waals surface area contributed by atoms with Crippen molar-refractivity contribution >= 4 is 11.9 Å². The van der Waals surface area contributed by atoms with Crippen LogP contribution in [0, 0.1) is 5.92 Å². The Morgan fingerprint density at radius 2 is 2.28 bits per heavy atom. The van der Waals surface area contributed by atoms with Gasteiger partial charge in [0, 0.05) is 18.7 Å².